The quantitative estimate of drug-likeness (QED) is 0.838. The van der Waals surface area contributed by atoms with Crippen LogP contribution in [0.1, 0.15) is 24.0 Å². The van der Waals surface area contributed by atoms with Crippen LogP contribution < -0.4 is 11.1 Å². The Bertz CT molecular complexity index is 735. The summed E-state index contributed by atoms with van der Waals surface area (Å²) in [5, 5.41) is 3.65. The maximum Gasteiger partial charge on any atom is 0.144 e. The fourth-order valence-electron chi connectivity index (χ4n) is 3.68. The van der Waals surface area contributed by atoms with Crippen LogP contribution in [-0.2, 0) is 6.54 Å². The summed E-state index contributed by atoms with van der Waals surface area (Å²) in [6.45, 7) is 2.95. The van der Waals surface area contributed by atoms with Crippen LogP contribution in [0.4, 0.5) is 5.69 Å². The number of amidine groups is 1. The number of benzene rings is 2. The minimum absolute atomic E-state index is 0. The third-order valence-electron chi connectivity index (χ3n) is 4.70. The molecule has 2 aromatic rings. The van der Waals surface area contributed by atoms with Gasteiger partial charge in [0.1, 0.15) is 11.5 Å². The van der Waals surface area contributed by atoms with Gasteiger partial charge >= 0.3 is 0 Å². The number of piperidine rings is 1. The van der Waals surface area contributed by atoms with Crippen molar-refractivity contribution in [3.8, 4) is 0 Å². The van der Waals surface area contributed by atoms with Gasteiger partial charge in [0.05, 0.1) is 0 Å². The summed E-state index contributed by atoms with van der Waals surface area (Å²) in [6, 6.07) is 18.8. The smallest absolute Gasteiger partial charge is 0.144 e. The van der Waals surface area contributed by atoms with Gasteiger partial charge in [-0.25, -0.2) is 4.99 Å². The summed E-state index contributed by atoms with van der Waals surface area (Å²) in [7, 11) is 0. The third kappa shape index (κ3) is 4.09. The summed E-state index contributed by atoms with van der Waals surface area (Å²) >= 11 is 0. The van der Waals surface area contributed by atoms with E-state index in [0.717, 1.165) is 43.7 Å². The number of anilines is 1. The van der Waals surface area contributed by atoms with Crippen molar-refractivity contribution in [2.75, 3.05) is 18.4 Å². The standard InChI is InChI=1S/C19H22N4.2ClH/c20-18-16-9-4-5-10-17(16)21-19(22-18)11-6-12-23(14-19)13-15-7-2-1-3-8-15;;/h1-5,7-10,21H,6,11-14H2,(H2,20,22);2*1H. The minimum atomic E-state index is -0.286. The molecular formula is C19H24Cl2N4. The number of halogens is 2. The molecule has 1 unspecified atom stereocenters. The highest BCUT2D eigenvalue weighted by atomic mass is 35.5. The number of hydrogen-bond donors (Lipinski definition) is 2. The van der Waals surface area contributed by atoms with Crippen molar-refractivity contribution in [2.24, 2.45) is 10.7 Å². The Balaban J connectivity index is 0.00000113. The van der Waals surface area contributed by atoms with Gasteiger partial charge in [0.25, 0.3) is 0 Å². The lowest BCUT2D eigenvalue weighted by Gasteiger charge is -2.43. The first kappa shape index (κ1) is 19.6. The molecule has 1 spiro atoms. The maximum atomic E-state index is 6.24. The molecule has 6 heteroatoms. The molecule has 4 rings (SSSR count). The number of nitrogens with zero attached hydrogens (tertiary/aromatic N) is 2. The van der Waals surface area contributed by atoms with Crippen LogP contribution >= 0.6 is 24.8 Å². The van der Waals surface area contributed by atoms with E-state index in [-0.39, 0.29) is 30.5 Å². The van der Waals surface area contributed by atoms with Crippen LogP contribution in [0.15, 0.2) is 59.6 Å². The summed E-state index contributed by atoms with van der Waals surface area (Å²) in [4.78, 5) is 7.32. The van der Waals surface area contributed by atoms with E-state index in [2.05, 4.69) is 46.6 Å². The zero-order valence-electron chi connectivity index (χ0n) is 14.0. The number of likely N-dealkylation sites (tertiary alicyclic amines) is 1. The second kappa shape index (κ2) is 8.09. The van der Waals surface area contributed by atoms with Crippen molar-refractivity contribution < 1.29 is 0 Å². The van der Waals surface area contributed by atoms with Crippen molar-refractivity contribution in [2.45, 2.75) is 25.0 Å². The molecule has 1 saturated heterocycles. The first-order chi connectivity index (χ1) is 11.2. The van der Waals surface area contributed by atoms with Crippen LogP contribution in [0.3, 0.4) is 0 Å². The Morgan fingerprint density at radius 3 is 2.56 bits per heavy atom. The molecule has 3 N–H and O–H groups in total. The fourth-order valence-corrected chi connectivity index (χ4v) is 3.68. The molecule has 2 aromatic carbocycles. The lowest BCUT2D eigenvalue weighted by molar-refractivity contribution is 0.159. The van der Waals surface area contributed by atoms with E-state index >= 15 is 0 Å². The molecule has 0 bridgehead atoms. The second-order valence-corrected chi connectivity index (χ2v) is 6.50. The van der Waals surface area contributed by atoms with Gasteiger partial charge in [-0.15, -0.1) is 24.8 Å². The van der Waals surface area contributed by atoms with E-state index < -0.39 is 0 Å². The molecule has 4 nitrogen and oxygen atoms in total. The van der Waals surface area contributed by atoms with Crippen LogP contribution in [0.25, 0.3) is 0 Å². The molecule has 2 aliphatic rings. The Morgan fingerprint density at radius 2 is 1.76 bits per heavy atom. The zero-order chi connectivity index (χ0) is 15.7. The van der Waals surface area contributed by atoms with Crippen molar-refractivity contribution in [1.29, 1.82) is 0 Å². The number of fused-ring (bicyclic) bond motifs is 1. The largest absolute Gasteiger partial charge is 0.383 e. The van der Waals surface area contributed by atoms with Crippen molar-refractivity contribution >= 4 is 36.3 Å². The average molecular weight is 379 g/mol. The number of rotatable bonds is 2. The van der Waals surface area contributed by atoms with E-state index in [9.17, 15) is 0 Å². The van der Waals surface area contributed by atoms with Crippen LogP contribution in [0, 0.1) is 0 Å². The van der Waals surface area contributed by atoms with Crippen molar-refractivity contribution in [3.63, 3.8) is 0 Å². The number of para-hydroxylation sites is 1. The lowest BCUT2D eigenvalue weighted by atomic mass is 9.94. The predicted molar refractivity (Wildman–Crippen MR) is 109 cm³/mol. The van der Waals surface area contributed by atoms with Crippen molar-refractivity contribution in [1.82, 2.24) is 4.90 Å². The van der Waals surface area contributed by atoms with Crippen molar-refractivity contribution in [3.05, 3.63) is 65.7 Å². The molecule has 2 heterocycles. The highest BCUT2D eigenvalue weighted by molar-refractivity contribution is 6.04. The molecule has 1 atom stereocenters. The van der Waals surface area contributed by atoms with E-state index in [0.29, 0.717) is 5.84 Å². The zero-order valence-corrected chi connectivity index (χ0v) is 15.7. The number of nitrogens with two attached hydrogens (primary N) is 1. The van der Waals surface area contributed by atoms with Crippen LogP contribution in [-0.4, -0.2) is 29.5 Å². The molecule has 0 aromatic heterocycles. The van der Waals surface area contributed by atoms with Gasteiger partial charge in [-0.2, -0.15) is 0 Å². The average Bonchev–Trinajstić information content (AvgIpc) is 2.56. The van der Waals surface area contributed by atoms with Gasteiger partial charge in [-0.3, -0.25) is 4.90 Å². The Labute approximate surface area is 161 Å². The summed E-state index contributed by atoms with van der Waals surface area (Å²) in [5.74, 6) is 0.654. The molecule has 2 aliphatic heterocycles. The third-order valence-corrected chi connectivity index (χ3v) is 4.70. The Kier molecular flexibility index (Phi) is 6.33. The first-order valence-corrected chi connectivity index (χ1v) is 8.23. The number of nitrogens with one attached hydrogen (secondary N) is 1. The van der Waals surface area contributed by atoms with Crippen LogP contribution in [0.5, 0.6) is 0 Å². The molecule has 0 saturated carbocycles. The van der Waals surface area contributed by atoms with Gasteiger partial charge < -0.3 is 11.1 Å². The van der Waals surface area contributed by atoms with E-state index in [1.165, 1.54) is 5.56 Å². The SMILES string of the molecule is Cl.Cl.NC1=NC2(CCCN(Cc3ccccc3)C2)Nc2ccccc21. The van der Waals surface area contributed by atoms with Gasteiger partial charge in [-0.05, 0) is 37.1 Å². The Morgan fingerprint density at radius 1 is 1.04 bits per heavy atom. The van der Waals surface area contributed by atoms with E-state index in [1.54, 1.807) is 0 Å². The monoisotopic (exact) mass is 378 g/mol. The van der Waals surface area contributed by atoms with Crippen LogP contribution in [0.2, 0.25) is 0 Å². The first-order valence-electron chi connectivity index (χ1n) is 8.23. The van der Waals surface area contributed by atoms with Gasteiger partial charge in [-0.1, -0.05) is 42.5 Å². The molecule has 25 heavy (non-hydrogen) atoms. The molecule has 0 radical (unpaired) electrons. The molecule has 134 valence electrons. The van der Waals surface area contributed by atoms with E-state index in [4.69, 9.17) is 10.7 Å². The van der Waals surface area contributed by atoms with Gasteiger partial charge in [0.2, 0.25) is 0 Å². The van der Waals surface area contributed by atoms with Gasteiger partial charge in [0, 0.05) is 24.3 Å². The molecule has 0 amide bonds. The Hall–Kier alpha value is -1.75. The molecule has 0 aliphatic carbocycles. The lowest BCUT2D eigenvalue weighted by Crippen LogP contribution is -2.54. The topological polar surface area (TPSA) is 53.6 Å². The number of hydrogen-bond acceptors (Lipinski definition) is 4. The highest BCUT2D eigenvalue weighted by Gasteiger charge is 2.38. The van der Waals surface area contributed by atoms with Gasteiger partial charge in [0.15, 0.2) is 0 Å². The minimum Gasteiger partial charge on any atom is -0.383 e. The van der Waals surface area contributed by atoms with E-state index in [1.807, 2.05) is 18.2 Å². The summed E-state index contributed by atoms with van der Waals surface area (Å²) < 4.78 is 0. The summed E-state index contributed by atoms with van der Waals surface area (Å²) in [6.07, 6.45) is 2.14. The summed E-state index contributed by atoms with van der Waals surface area (Å²) in [5.41, 5.74) is 9.41. The molecular weight excluding hydrogens is 355 g/mol. The highest BCUT2D eigenvalue weighted by Crippen LogP contribution is 2.33. The second-order valence-electron chi connectivity index (χ2n) is 6.50. The fraction of sp³-hybridized carbons (Fsp3) is 0.316. The molecule has 1 fully saturated rings. The number of aliphatic imine (C=N–C) groups is 1. The maximum absolute atomic E-state index is 6.24. The normalized spacial score (nSPS) is 22.0. The predicted octanol–water partition coefficient (Wildman–Crippen LogP) is 3.65.